The van der Waals surface area contributed by atoms with Crippen molar-refractivity contribution in [3.63, 3.8) is 0 Å². The minimum absolute atomic E-state index is 0.0283. The molecule has 0 bridgehead atoms. The predicted molar refractivity (Wildman–Crippen MR) is 145 cm³/mol. The van der Waals surface area contributed by atoms with E-state index in [0.29, 0.717) is 42.1 Å². The fraction of sp³-hybridized carbons (Fsp3) is 0.321. The SMILES string of the molecule is Cc1cc(Nc2nccc(C(F)(F)F)n2)cc(-c2cnc(C3(O)CCC(NC(=O)Cc4ccccn4)CC3)s2)c1. The van der Waals surface area contributed by atoms with Gasteiger partial charge in [0.05, 0.1) is 11.3 Å². The molecule has 208 valence electrons. The van der Waals surface area contributed by atoms with Crippen molar-refractivity contribution in [2.24, 2.45) is 0 Å². The van der Waals surface area contributed by atoms with Crippen LogP contribution < -0.4 is 10.6 Å². The molecule has 5 rings (SSSR count). The number of carbonyl (C=O) groups excluding carboxylic acids is 1. The Morgan fingerprint density at radius 1 is 1.10 bits per heavy atom. The van der Waals surface area contributed by atoms with Gasteiger partial charge in [0.15, 0.2) is 0 Å². The lowest BCUT2D eigenvalue weighted by Gasteiger charge is -2.34. The van der Waals surface area contributed by atoms with Crippen LogP contribution in [0.15, 0.2) is 61.1 Å². The van der Waals surface area contributed by atoms with E-state index in [4.69, 9.17) is 0 Å². The predicted octanol–water partition coefficient (Wildman–Crippen LogP) is 5.56. The van der Waals surface area contributed by atoms with Gasteiger partial charge in [-0.15, -0.1) is 11.3 Å². The van der Waals surface area contributed by atoms with Crippen molar-refractivity contribution in [1.82, 2.24) is 25.3 Å². The number of hydrogen-bond acceptors (Lipinski definition) is 8. The first-order valence-electron chi connectivity index (χ1n) is 12.7. The standard InChI is InChI=1S/C28H27F3N6O2S/c1-17-12-18(14-21(13-17)36-26-33-11-7-23(37-26)28(29,30)31)22-16-34-25(40-22)27(39)8-5-19(6-9-27)35-24(38)15-20-4-2-3-10-32-20/h2-4,7,10-14,16,19,39H,5-6,8-9,15H2,1H3,(H,35,38)(H,33,36,37). The first-order valence-corrected chi connectivity index (χ1v) is 13.6. The number of aromatic nitrogens is 4. The Kier molecular flexibility index (Phi) is 7.81. The number of alkyl halides is 3. The summed E-state index contributed by atoms with van der Waals surface area (Å²) in [7, 11) is 0. The molecular weight excluding hydrogens is 541 g/mol. The van der Waals surface area contributed by atoms with Crippen LogP contribution in [0.3, 0.4) is 0 Å². The molecule has 0 unspecified atom stereocenters. The zero-order valence-electron chi connectivity index (χ0n) is 21.6. The molecule has 3 N–H and O–H groups in total. The normalized spacial score (nSPS) is 19.3. The number of thiazole rings is 1. The first-order chi connectivity index (χ1) is 19.1. The number of hydrogen-bond donors (Lipinski definition) is 3. The van der Waals surface area contributed by atoms with Crippen LogP contribution in [0.1, 0.15) is 47.6 Å². The minimum Gasteiger partial charge on any atom is -0.383 e. The number of benzene rings is 1. The molecule has 8 nitrogen and oxygen atoms in total. The van der Waals surface area contributed by atoms with Crippen molar-refractivity contribution in [3.05, 3.63) is 83.0 Å². The molecular formula is C28H27F3N6O2S. The lowest BCUT2D eigenvalue weighted by molar-refractivity contribution is -0.141. The molecule has 3 heterocycles. The van der Waals surface area contributed by atoms with E-state index in [2.05, 4.69) is 30.6 Å². The van der Waals surface area contributed by atoms with Crippen LogP contribution in [0.2, 0.25) is 0 Å². The van der Waals surface area contributed by atoms with E-state index >= 15 is 0 Å². The van der Waals surface area contributed by atoms with Crippen LogP contribution in [0, 0.1) is 6.92 Å². The van der Waals surface area contributed by atoms with E-state index in [1.165, 1.54) is 11.3 Å². The number of nitrogens with zero attached hydrogens (tertiary/aromatic N) is 4. The number of carbonyl (C=O) groups is 1. The van der Waals surface area contributed by atoms with Crippen LogP contribution in [0.25, 0.3) is 10.4 Å². The van der Waals surface area contributed by atoms with Gasteiger partial charge < -0.3 is 15.7 Å². The second-order valence-electron chi connectivity index (χ2n) is 9.88. The molecule has 1 aliphatic rings. The van der Waals surface area contributed by atoms with Gasteiger partial charge in [-0.05, 0) is 74.1 Å². The Morgan fingerprint density at radius 3 is 2.62 bits per heavy atom. The number of pyridine rings is 1. The maximum absolute atomic E-state index is 13.0. The molecule has 0 spiro atoms. The van der Waals surface area contributed by atoms with Gasteiger partial charge in [0.25, 0.3) is 0 Å². The third-order valence-electron chi connectivity index (χ3n) is 6.71. The molecule has 0 atom stereocenters. The molecule has 0 radical (unpaired) electrons. The van der Waals surface area contributed by atoms with E-state index in [1.54, 1.807) is 30.6 Å². The Bertz CT molecular complexity index is 1490. The van der Waals surface area contributed by atoms with E-state index in [9.17, 15) is 23.1 Å². The lowest BCUT2D eigenvalue weighted by Crippen LogP contribution is -2.42. The van der Waals surface area contributed by atoms with Crippen molar-refractivity contribution >= 4 is 28.9 Å². The average molecular weight is 569 g/mol. The fourth-order valence-corrected chi connectivity index (χ4v) is 5.77. The molecule has 0 aliphatic heterocycles. The van der Waals surface area contributed by atoms with Crippen molar-refractivity contribution in [2.45, 2.75) is 56.8 Å². The summed E-state index contributed by atoms with van der Waals surface area (Å²) in [5.41, 5.74) is 0.798. The van der Waals surface area contributed by atoms with Gasteiger partial charge in [0.1, 0.15) is 16.3 Å². The number of aliphatic hydroxyl groups is 1. The van der Waals surface area contributed by atoms with Crippen LogP contribution >= 0.6 is 11.3 Å². The Labute approximate surface area is 232 Å². The maximum Gasteiger partial charge on any atom is 0.433 e. The molecule has 1 saturated carbocycles. The summed E-state index contributed by atoms with van der Waals surface area (Å²) in [6.07, 6.45) is 2.22. The Hall–Kier alpha value is -3.90. The summed E-state index contributed by atoms with van der Waals surface area (Å²) in [6, 6.07) is 11.8. The highest BCUT2D eigenvalue weighted by Gasteiger charge is 2.38. The Balaban J connectivity index is 1.24. The Morgan fingerprint density at radius 2 is 1.90 bits per heavy atom. The van der Waals surface area contributed by atoms with Crippen LogP contribution in [-0.2, 0) is 23.0 Å². The van der Waals surface area contributed by atoms with Gasteiger partial charge in [-0.25, -0.2) is 15.0 Å². The maximum atomic E-state index is 13.0. The molecule has 0 saturated heterocycles. The highest BCUT2D eigenvalue weighted by Crippen LogP contribution is 2.41. The zero-order chi connectivity index (χ0) is 28.3. The van der Waals surface area contributed by atoms with Gasteiger partial charge in [-0.3, -0.25) is 9.78 Å². The molecule has 3 aromatic heterocycles. The number of halogens is 3. The van der Waals surface area contributed by atoms with Gasteiger partial charge >= 0.3 is 6.18 Å². The molecule has 40 heavy (non-hydrogen) atoms. The molecule has 1 amide bonds. The molecule has 1 fully saturated rings. The summed E-state index contributed by atoms with van der Waals surface area (Å²) in [6.45, 7) is 1.88. The first kappa shape index (κ1) is 27.7. The smallest absolute Gasteiger partial charge is 0.383 e. The average Bonchev–Trinajstić information content (AvgIpc) is 3.42. The molecule has 1 aliphatic carbocycles. The number of amides is 1. The van der Waals surface area contributed by atoms with E-state index in [-0.39, 0.29) is 24.3 Å². The zero-order valence-corrected chi connectivity index (χ0v) is 22.4. The largest absolute Gasteiger partial charge is 0.433 e. The lowest BCUT2D eigenvalue weighted by atomic mass is 9.82. The third-order valence-corrected chi connectivity index (χ3v) is 7.95. The number of rotatable bonds is 7. The summed E-state index contributed by atoms with van der Waals surface area (Å²) in [4.78, 5) is 29.4. The minimum atomic E-state index is -4.57. The van der Waals surface area contributed by atoms with E-state index in [0.717, 1.165) is 28.3 Å². The van der Waals surface area contributed by atoms with Gasteiger partial charge in [-0.2, -0.15) is 13.2 Å². The van der Waals surface area contributed by atoms with E-state index < -0.39 is 17.5 Å². The molecule has 1 aromatic carbocycles. The highest BCUT2D eigenvalue weighted by molar-refractivity contribution is 7.15. The number of anilines is 2. The fourth-order valence-electron chi connectivity index (χ4n) is 4.73. The van der Waals surface area contributed by atoms with Crippen molar-refractivity contribution < 1.29 is 23.1 Å². The topological polar surface area (TPSA) is 113 Å². The summed E-state index contributed by atoms with van der Waals surface area (Å²) >= 11 is 1.37. The van der Waals surface area contributed by atoms with Crippen LogP contribution in [0.4, 0.5) is 24.8 Å². The second kappa shape index (κ2) is 11.3. The second-order valence-corrected chi connectivity index (χ2v) is 10.9. The third kappa shape index (κ3) is 6.62. The highest BCUT2D eigenvalue weighted by atomic mass is 32.1. The quantitative estimate of drug-likeness (QED) is 0.268. The van der Waals surface area contributed by atoms with Crippen molar-refractivity contribution in [1.29, 1.82) is 0 Å². The van der Waals surface area contributed by atoms with Crippen LogP contribution in [0.5, 0.6) is 0 Å². The van der Waals surface area contributed by atoms with E-state index in [1.807, 2.05) is 25.1 Å². The number of nitrogens with one attached hydrogen (secondary N) is 2. The van der Waals surface area contributed by atoms with Crippen molar-refractivity contribution in [2.75, 3.05) is 5.32 Å². The number of aryl methyl sites for hydroxylation is 1. The summed E-state index contributed by atoms with van der Waals surface area (Å²) < 4.78 is 39.1. The van der Waals surface area contributed by atoms with Gasteiger partial charge in [0.2, 0.25) is 11.9 Å². The molecule has 12 heteroatoms. The summed E-state index contributed by atoms with van der Waals surface area (Å²) in [5, 5.41) is 17.9. The summed E-state index contributed by atoms with van der Waals surface area (Å²) in [5.74, 6) is -0.250. The monoisotopic (exact) mass is 568 g/mol. The van der Waals surface area contributed by atoms with Crippen LogP contribution in [-0.4, -0.2) is 37.0 Å². The van der Waals surface area contributed by atoms with Crippen molar-refractivity contribution in [3.8, 4) is 10.4 Å². The van der Waals surface area contributed by atoms with Gasteiger partial charge in [0, 0.05) is 36.0 Å². The molecule has 4 aromatic rings. The van der Waals surface area contributed by atoms with Gasteiger partial charge in [-0.1, -0.05) is 12.1 Å².